The number of halogens is 1. The maximum absolute atomic E-state index is 5.78. The van der Waals surface area contributed by atoms with Crippen molar-refractivity contribution in [2.24, 2.45) is 0 Å². The van der Waals surface area contributed by atoms with Crippen LogP contribution in [0.1, 0.15) is 12.5 Å². The molecule has 2 nitrogen and oxygen atoms in total. The van der Waals surface area contributed by atoms with Crippen molar-refractivity contribution in [3.63, 3.8) is 0 Å². The van der Waals surface area contributed by atoms with Gasteiger partial charge in [0.2, 0.25) is 0 Å². The third-order valence-corrected chi connectivity index (χ3v) is 3.38. The van der Waals surface area contributed by atoms with E-state index in [2.05, 4.69) is 46.3 Å². The van der Waals surface area contributed by atoms with Gasteiger partial charge in [-0.15, -0.1) is 0 Å². The zero-order valence-electron chi connectivity index (χ0n) is 10.5. The molecule has 2 rings (SSSR count). The molecule has 96 valence electrons. The molecule has 0 aliphatic heterocycles. The van der Waals surface area contributed by atoms with Crippen molar-refractivity contribution in [1.29, 1.82) is 0 Å². The van der Waals surface area contributed by atoms with E-state index < -0.39 is 0 Å². The summed E-state index contributed by atoms with van der Waals surface area (Å²) in [5.74, 6) is 0.935. The van der Waals surface area contributed by atoms with Crippen LogP contribution >= 0.6 is 15.9 Å². The van der Waals surface area contributed by atoms with Gasteiger partial charge in [0.25, 0.3) is 0 Å². The van der Waals surface area contributed by atoms with Crippen LogP contribution in [0.5, 0.6) is 5.75 Å². The third-order valence-electron chi connectivity index (χ3n) is 2.82. The molecule has 2 aromatic rings. The SMILES string of the molecule is CCOCCOc1ccc2ccccc2c1CBr. The molecule has 0 spiro atoms. The molecule has 0 fully saturated rings. The van der Waals surface area contributed by atoms with Crippen molar-refractivity contribution in [1.82, 2.24) is 0 Å². The van der Waals surface area contributed by atoms with Crippen molar-refractivity contribution in [3.05, 3.63) is 42.0 Å². The Morgan fingerprint density at radius 3 is 2.67 bits per heavy atom. The van der Waals surface area contributed by atoms with Gasteiger partial charge in [0, 0.05) is 17.5 Å². The first-order chi connectivity index (χ1) is 8.86. The summed E-state index contributed by atoms with van der Waals surface area (Å²) in [6.45, 7) is 3.93. The quantitative estimate of drug-likeness (QED) is 0.589. The fraction of sp³-hybridized carbons (Fsp3) is 0.333. The minimum atomic E-state index is 0.589. The monoisotopic (exact) mass is 308 g/mol. The molecule has 0 aliphatic rings. The second kappa shape index (κ2) is 6.76. The fourth-order valence-electron chi connectivity index (χ4n) is 1.94. The normalized spacial score (nSPS) is 10.8. The minimum Gasteiger partial charge on any atom is -0.491 e. The van der Waals surface area contributed by atoms with Crippen LogP contribution in [0.3, 0.4) is 0 Å². The minimum absolute atomic E-state index is 0.589. The van der Waals surface area contributed by atoms with Gasteiger partial charge in [0.05, 0.1) is 6.61 Å². The first kappa shape index (κ1) is 13.4. The highest BCUT2D eigenvalue weighted by Crippen LogP contribution is 2.29. The maximum atomic E-state index is 5.78. The standard InChI is InChI=1S/C15H17BrO2/c1-2-17-9-10-18-15-8-7-12-5-3-4-6-13(12)14(15)11-16/h3-8H,2,9-11H2,1H3. The molecule has 0 saturated heterocycles. The Labute approximate surface area is 116 Å². The molecule has 0 heterocycles. The van der Waals surface area contributed by atoms with Crippen LogP contribution in [-0.4, -0.2) is 19.8 Å². The number of hydrogen-bond donors (Lipinski definition) is 0. The summed E-state index contributed by atoms with van der Waals surface area (Å²) >= 11 is 3.54. The van der Waals surface area contributed by atoms with Gasteiger partial charge in [-0.05, 0) is 23.8 Å². The van der Waals surface area contributed by atoms with E-state index in [4.69, 9.17) is 9.47 Å². The van der Waals surface area contributed by atoms with E-state index in [0.717, 1.165) is 17.7 Å². The lowest BCUT2D eigenvalue weighted by molar-refractivity contribution is 0.110. The van der Waals surface area contributed by atoms with E-state index in [1.165, 1.54) is 16.3 Å². The van der Waals surface area contributed by atoms with Crippen LogP contribution in [0.25, 0.3) is 10.8 Å². The number of alkyl halides is 1. The van der Waals surface area contributed by atoms with E-state index >= 15 is 0 Å². The van der Waals surface area contributed by atoms with Crippen LogP contribution in [0, 0.1) is 0 Å². The smallest absolute Gasteiger partial charge is 0.124 e. The number of ether oxygens (including phenoxy) is 2. The predicted octanol–water partition coefficient (Wildman–Crippen LogP) is 4.15. The molecule has 2 aromatic carbocycles. The van der Waals surface area contributed by atoms with E-state index in [1.807, 2.05) is 13.0 Å². The molecular weight excluding hydrogens is 292 g/mol. The highest BCUT2D eigenvalue weighted by atomic mass is 79.9. The van der Waals surface area contributed by atoms with Crippen LogP contribution in [0.4, 0.5) is 0 Å². The van der Waals surface area contributed by atoms with Crippen molar-refractivity contribution >= 4 is 26.7 Å². The molecule has 0 N–H and O–H groups in total. The first-order valence-electron chi connectivity index (χ1n) is 6.14. The molecule has 0 unspecified atom stereocenters. The summed E-state index contributed by atoms with van der Waals surface area (Å²) in [5.41, 5.74) is 1.20. The van der Waals surface area contributed by atoms with Crippen LogP contribution in [0.2, 0.25) is 0 Å². The van der Waals surface area contributed by atoms with Crippen molar-refractivity contribution in [2.75, 3.05) is 19.8 Å². The van der Waals surface area contributed by atoms with Gasteiger partial charge < -0.3 is 9.47 Å². The summed E-state index contributed by atoms with van der Waals surface area (Å²) in [5, 5.41) is 3.27. The average Bonchev–Trinajstić information content (AvgIpc) is 2.43. The lowest BCUT2D eigenvalue weighted by atomic mass is 10.0. The van der Waals surface area contributed by atoms with Gasteiger partial charge in [-0.25, -0.2) is 0 Å². The summed E-state index contributed by atoms with van der Waals surface area (Å²) in [6, 6.07) is 12.5. The Balaban J connectivity index is 2.22. The Morgan fingerprint density at radius 2 is 1.89 bits per heavy atom. The molecular formula is C15H17BrO2. The van der Waals surface area contributed by atoms with Gasteiger partial charge >= 0.3 is 0 Å². The van der Waals surface area contributed by atoms with Crippen molar-refractivity contribution in [2.45, 2.75) is 12.3 Å². The second-order valence-corrected chi connectivity index (χ2v) is 4.50. The van der Waals surface area contributed by atoms with E-state index in [0.29, 0.717) is 13.2 Å². The Hall–Kier alpha value is -1.06. The van der Waals surface area contributed by atoms with Crippen LogP contribution in [0.15, 0.2) is 36.4 Å². The Kier molecular flexibility index (Phi) is 5.02. The molecule has 0 amide bonds. The number of rotatable bonds is 6. The molecule has 0 radical (unpaired) electrons. The van der Waals surface area contributed by atoms with Crippen LogP contribution < -0.4 is 4.74 Å². The summed E-state index contributed by atoms with van der Waals surface area (Å²) in [6.07, 6.45) is 0. The highest BCUT2D eigenvalue weighted by molar-refractivity contribution is 9.08. The van der Waals surface area contributed by atoms with Gasteiger partial charge in [0.15, 0.2) is 0 Å². The molecule has 3 heteroatoms. The van der Waals surface area contributed by atoms with Crippen LogP contribution in [-0.2, 0) is 10.1 Å². The lowest BCUT2D eigenvalue weighted by Gasteiger charge is -2.12. The molecule has 0 aromatic heterocycles. The highest BCUT2D eigenvalue weighted by Gasteiger charge is 2.07. The predicted molar refractivity (Wildman–Crippen MR) is 78.6 cm³/mol. The van der Waals surface area contributed by atoms with Crippen molar-refractivity contribution in [3.8, 4) is 5.75 Å². The Bertz CT molecular complexity index is 511. The zero-order valence-corrected chi connectivity index (χ0v) is 12.1. The average molecular weight is 309 g/mol. The van der Waals surface area contributed by atoms with Gasteiger partial charge in [-0.1, -0.05) is 46.3 Å². The van der Waals surface area contributed by atoms with Gasteiger partial charge in [-0.3, -0.25) is 0 Å². The topological polar surface area (TPSA) is 18.5 Å². The van der Waals surface area contributed by atoms with E-state index in [1.54, 1.807) is 0 Å². The number of hydrogen-bond acceptors (Lipinski definition) is 2. The lowest BCUT2D eigenvalue weighted by Crippen LogP contribution is -2.07. The second-order valence-electron chi connectivity index (χ2n) is 3.94. The summed E-state index contributed by atoms with van der Waals surface area (Å²) < 4.78 is 11.1. The zero-order chi connectivity index (χ0) is 12.8. The summed E-state index contributed by atoms with van der Waals surface area (Å²) in [7, 11) is 0. The van der Waals surface area contributed by atoms with Crippen molar-refractivity contribution < 1.29 is 9.47 Å². The van der Waals surface area contributed by atoms with Gasteiger partial charge in [-0.2, -0.15) is 0 Å². The maximum Gasteiger partial charge on any atom is 0.124 e. The molecule has 0 bridgehead atoms. The largest absolute Gasteiger partial charge is 0.491 e. The number of fused-ring (bicyclic) bond motifs is 1. The molecule has 0 saturated carbocycles. The van der Waals surface area contributed by atoms with E-state index in [-0.39, 0.29) is 0 Å². The molecule has 0 atom stereocenters. The molecule has 18 heavy (non-hydrogen) atoms. The third kappa shape index (κ3) is 3.03. The van der Waals surface area contributed by atoms with E-state index in [9.17, 15) is 0 Å². The number of benzene rings is 2. The fourth-order valence-corrected chi connectivity index (χ4v) is 2.52. The molecule has 0 aliphatic carbocycles. The van der Waals surface area contributed by atoms with Gasteiger partial charge in [0.1, 0.15) is 12.4 Å². The first-order valence-corrected chi connectivity index (χ1v) is 7.26. The summed E-state index contributed by atoms with van der Waals surface area (Å²) in [4.78, 5) is 0. The Morgan fingerprint density at radius 1 is 1.06 bits per heavy atom.